The lowest BCUT2D eigenvalue weighted by molar-refractivity contribution is -0.130. The average Bonchev–Trinajstić information content (AvgIpc) is 3.53. The van der Waals surface area contributed by atoms with Crippen LogP contribution in [0.1, 0.15) is 50.3 Å². The number of fused-ring (bicyclic) bond motifs is 1. The maximum Gasteiger partial charge on any atom is 0.245 e. The first-order valence-electron chi connectivity index (χ1n) is 12.3. The summed E-state index contributed by atoms with van der Waals surface area (Å²) in [6.45, 7) is 4.42. The molecule has 3 aromatic rings. The van der Waals surface area contributed by atoms with Crippen LogP contribution in [0.25, 0.3) is 10.6 Å². The van der Waals surface area contributed by atoms with E-state index < -0.39 is 15.9 Å². The Morgan fingerprint density at radius 1 is 1.11 bits per heavy atom. The molecule has 1 saturated heterocycles. The van der Waals surface area contributed by atoms with Gasteiger partial charge in [0.15, 0.2) is 0 Å². The standard InChI is InChI=1S/C28H30N2O3S2/c1-27(2)21-13-14-28(27)18-35(32,33)30(24(28)16-21)26(31)22(15-19-9-5-3-6-10-19)23-17-34-25(29-23)20-11-7-4-8-12-20/h3-12,17,21-22,24H,13-16,18H2,1-2H3/t21-,22-,24-,28-/m1/s1. The van der Waals surface area contributed by atoms with Crippen molar-refractivity contribution in [2.45, 2.75) is 51.5 Å². The average molecular weight is 507 g/mol. The van der Waals surface area contributed by atoms with Crippen LogP contribution in [0.15, 0.2) is 66.0 Å². The molecule has 7 heteroatoms. The van der Waals surface area contributed by atoms with Crippen molar-refractivity contribution in [2.24, 2.45) is 16.7 Å². The predicted octanol–water partition coefficient (Wildman–Crippen LogP) is 5.50. The summed E-state index contributed by atoms with van der Waals surface area (Å²) in [5.74, 6) is -0.401. The Balaban J connectivity index is 1.40. The summed E-state index contributed by atoms with van der Waals surface area (Å²) in [5, 5.41) is 2.77. The summed E-state index contributed by atoms with van der Waals surface area (Å²) in [6.07, 6.45) is 3.15. The van der Waals surface area contributed by atoms with Gasteiger partial charge in [0.1, 0.15) is 5.01 Å². The SMILES string of the molecule is CC1(C)[C@@H]2CC[C@]13CS(=O)(=O)N(C(=O)[C@H](Cc1ccccc1)c1csc(-c4ccccc4)n1)[C@@H]3C2. The fourth-order valence-corrected chi connectivity index (χ4v) is 10.5. The number of hydrogen-bond donors (Lipinski definition) is 0. The first-order valence-corrected chi connectivity index (χ1v) is 14.8. The number of sulfonamides is 1. The van der Waals surface area contributed by atoms with E-state index in [1.165, 1.54) is 15.6 Å². The van der Waals surface area contributed by atoms with E-state index >= 15 is 0 Å². The van der Waals surface area contributed by atoms with E-state index in [2.05, 4.69) is 13.8 Å². The Labute approximate surface area is 211 Å². The first-order chi connectivity index (χ1) is 16.7. The Kier molecular flexibility index (Phi) is 5.24. The van der Waals surface area contributed by atoms with Crippen LogP contribution in [0.3, 0.4) is 0 Å². The van der Waals surface area contributed by atoms with Crippen molar-refractivity contribution >= 4 is 27.3 Å². The van der Waals surface area contributed by atoms with Crippen molar-refractivity contribution in [2.75, 3.05) is 5.75 Å². The van der Waals surface area contributed by atoms with Gasteiger partial charge in [0.25, 0.3) is 0 Å². The van der Waals surface area contributed by atoms with Crippen LogP contribution in [0.2, 0.25) is 0 Å². The van der Waals surface area contributed by atoms with Crippen LogP contribution >= 0.6 is 11.3 Å². The summed E-state index contributed by atoms with van der Waals surface area (Å²) in [7, 11) is -3.69. The van der Waals surface area contributed by atoms with Gasteiger partial charge < -0.3 is 0 Å². The third kappa shape index (κ3) is 3.42. The van der Waals surface area contributed by atoms with Crippen LogP contribution < -0.4 is 0 Å². The summed E-state index contributed by atoms with van der Waals surface area (Å²) >= 11 is 1.50. The van der Waals surface area contributed by atoms with Gasteiger partial charge in [-0.15, -0.1) is 11.3 Å². The molecule has 182 valence electrons. The fourth-order valence-electron chi connectivity index (χ4n) is 7.06. The lowest BCUT2D eigenvalue weighted by Gasteiger charge is -2.37. The maximum absolute atomic E-state index is 14.2. The minimum absolute atomic E-state index is 0.0736. The zero-order valence-electron chi connectivity index (χ0n) is 20.1. The summed E-state index contributed by atoms with van der Waals surface area (Å²) < 4.78 is 28.5. The van der Waals surface area contributed by atoms with Crippen LogP contribution in [-0.2, 0) is 21.2 Å². The van der Waals surface area contributed by atoms with E-state index in [1.54, 1.807) is 0 Å². The number of hydrogen-bond acceptors (Lipinski definition) is 5. The second-order valence-electron chi connectivity index (χ2n) is 10.9. The highest BCUT2D eigenvalue weighted by molar-refractivity contribution is 7.90. The third-order valence-corrected chi connectivity index (χ3v) is 11.9. The van der Waals surface area contributed by atoms with E-state index in [-0.39, 0.29) is 28.5 Å². The van der Waals surface area contributed by atoms with Crippen molar-refractivity contribution < 1.29 is 13.2 Å². The molecule has 4 atom stereocenters. The van der Waals surface area contributed by atoms with Crippen molar-refractivity contribution in [1.29, 1.82) is 0 Å². The van der Waals surface area contributed by atoms with Gasteiger partial charge in [0, 0.05) is 16.4 Å². The van der Waals surface area contributed by atoms with Gasteiger partial charge >= 0.3 is 0 Å². The molecule has 2 saturated carbocycles. The molecule has 2 bridgehead atoms. The smallest absolute Gasteiger partial charge is 0.245 e. The molecule has 3 fully saturated rings. The molecular formula is C28H30N2O3S2. The fraction of sp³-hybridized carbons (Fsp3) is 0.429. The van der Waals surface area contributed by atoms with Crippen molar-refractivity contribution in [3.8, 4) is 10.6 Å². The van der Waals surface area contributed by atoms with Gasteiger partial charge in [-0.1, -0.05) is 74.5 Å². The van der Waals surface area contributed by atoms with Gasteiger partial charge in [-0.05, 0) is 42.6 Å². The molecule has 35 heavy (non-hydrogen) atoms. The number of nitrogens with zero attached hydrogens (tertiary/aromatic N) is 2. The molecular weight excluding hydrogens is 476 g/mol. The van der Waals surface area contributed by atoms with Crippen LogP contribution in [0.5, 0.6) is 0 Å². The lowest BCUT2D eigenvalue weighted by atomic mass is 9.69. The second kappa shape index (κ2) is 8.00. The van der Waals surface area contributed by atoms with E-state index in [1.807, 2.05) is 66.0 Å². The zero-order valence-corrected chi connectivity index (χ0v) is 21.7. The molecule has 6 rings (SSSR count). The van der Waals surface area contributed by atoms with Gasteiger partial charge in [0.2, 0.25) is 15.9 Å². The molecule has 0 radical (unpaired) electrons. The minimum Gasteiger partial charge on any atom is -0.273 e. The molecule has 1 aliphatic heterocycles. The van der Waals surface area contributed by atoms with Crippen LogP contribution in [-0.4, -0.2) is 35.4 Å². The molecule has 0 N–H and O–H groups in total. The normalized spacial score (nSPS) is 28.7. The molecule has 5 nitrogen and oxygen atoms in total. The Morgan fingerprint density at radius 3 is 2.49 bits per heavy atom. The summed E-state index contributed by atoms with van der Waals surface area (Å²) in [6, 6.07) is 19.5. The minimum atomic E-state index is -3.69. The number of carbonyl (C=O) groups excluding carboxylic acids is 1. The van der Waals surface area contributed by atoms with E-state index in [0.29, 0.717) is 18.0 Å². The topological polar surface area (TPSA) is 67.3 Å². The molecule has 1 spiro atoms. The molecule has 2 aromatic carbocycles. The monoisotopic (exact) mass is 506 g/mol. The first kappa shape index (κ1) is 22.9. The van der Waals surface area contributed by atoms with Gasteiger partial charge in [-0.2, -0.15) is 0 Å². The van der Waals surface area contributed by atoms with Crippen LogP contribution in [0, 0.1) is 16.7 Å². The number of carbonyl (C=O) groups is 1. The quantitative estimate of drug-likeness (QED) is 0.458. The highest BCUT2D eigenvalue weighted by Gasteiger charge is 2.72. The van der Waals surface area contributed by atoms with Gasteiger partial charge in [-0.25, -0.2) is 17.7 Å². The van der Waals surface area contributed by atoms with E-state index in [0.717, 1.165) is 35.4 Å². The summed E-state index contributed by atoms with van der Waals surface area (Å²) in [5.41, 5.74) is 2.24. The van der Waals surface area contributed by atoms with E-state index in [9.17, 15) is 13.2 Å². The van der Waals surface area contributed by atoms with Gasteiger partial charge in [-0.3, -0.25) is 4.79 Å². The highest BCUT2D eigenvalue weighted by atomic mass is 32.2. The Bertz CT molecular complexity index is 1370. The number of thiazole rings is 1. The summed E-state index contributed by atoms with van der Waals surface area (Å²) in [4.78, 5) is 19.1. The molecule has 3 aliphatic rings. The number of amides is 1. The largest absolute Gasteiger partial charge is 0.273 e. The highest BCUT2D eigenvalue weighted by Crippen LogP contribution is 2.70. The molecule has 0 unspecified atom stereocenters. The number of aromatic nitrogens is 1. The predicted molar refractivity (Wildman–Crippen MR) is 138 cm³/mol. The molecule has 1 aromatic heterocycles. The van der Waals surface area contributed by atoms with Crippen LogP contribution in [0.4, 0.5) is 0 Å². The number of rotatable bonds is 5. The van der Waals surface area contributed by atoms with Crippen molar-refractivity contribution in [3.63, 3.8) is 0 Å². The molecule has 2 heterocycles. The third-order valence-electron chi connectivity index (χ3n) is 9.11. The Hall–Kier alpha value is -2.51. The lowest BCUT2D eigenvalue weighted by Crippen LogP contribution is -2.46. The molecule has 1 amide bonds. The second-order valence-corrected chi connectivity index (χ2v) is 13.6. The Morgan fingerprint density at radius 2 is 1.80 bits per heavy atom. The van der Waals surface area contributed by atoms with Crippen molar-refractivity contribution in [3.05, 3.63) is 77.3 Å². The zero-order chi connectivity index (χ0) is 24.4. The molecule has 2 aliphatic carbocycles. The van der Waals surface area contributed by atoms with E-state index in [4.69, 9.17) is 4.98 Å². The van der Waals surface area contributed by atoms with Gasteiger partial charge in [0.05, 0.1) is 23.4 Å². The maximum atomic E-state index is 14.2. The van der Waals surface area contributed by atoms with Crippen molar-refractivity contribution in [1.82, 2.24) is 9.29 Å². The number of benzene rings is 2.